The highest BCUT2D eigenvalue weighted by Gasteiger charge is 2.33. The normalized spacial score (nSPS) is 12.9. The number of hydrogen-bond acceptors (Lipinski definition) is 10. The first kappa shape index (κ1) is 30.9. The summed E-state index contributed by atoms with van der Waals surface area (Å²) in [5, 5.41) is 3.08. The number of ether oxygens (including phenoxy) is 1. The van der Waals surface area contributed by atoms with Gasteiger partial charge in [-0.1, -0.05) is 30.7 Å². The predicted molar refractivity (Wildman–Crippen MR) is 160 cm³/mol. The summed E-state index contributed by atoms with van der Waals surface area (Å²) >= 11 is 0. The van der Waals surface area contributed by atoms with Gasteiger partial charge in [-0.2, -0.15) is 16.8 Å². The van der Waals surface area contributed by atoms with E-state index in [1.807, 2.05) is 6.11 Å². The van der Waals surface area contributed by atoms with Gasteiger partial charge in [-0.3, -0.25) is 18.7 Å². The van der Waals surface area contributed by atoms with Crippen molar-refractivity contribution in [2.75, 3.05) is 16.8 Å². The second-order valence-corrected chi connectivity index (χ2v) is 14.8. The van der Waals surface area contributed by atoms with Crippen LogP contribution in [0.1, 0.15) is 22.3 Å². The summed E-state index contributed by atoms with van der Waals surface area (Å²) < 4.78 is 97.7. The highest BCUT2D eigenvalue weighted by molar-refractivity contribution is 7.91. The Kier molecular flexibility index (Phi) is 7.64. The molecule has 44 heavy (non-hydrogen) atoms. The van der Waals surface area contributed by atoms with E-state index in [0.717, 1.165) is 12.1 Å². The third kappa shape index (κ3) is 5.47. The first-order valence-electron chi connectivity index (χ1n) is 12.6. The van der Waals surface area contributed by atoms with E-state index in [0.29, 0.717) is 17.1 Å². The molecule has 1 heterocycles. The van der Waals surface area contributed by atoms with Crippen molar-refractivity contribution in [3.05, 3.63) is 76.1 Å². The van der Waals surface area contributed by atoms with Crippen LogP contribution in [0, 0.1) is 12.5 Å². The van der Waals surface area contributed by atoms with Crippen molar-refractivity contribution in [1.29, 1.82) is 0 Å². The molecule has 1 aliphatic rings. The standard InChI is InChI=1S/C28H22N2O11S3/c1-3-41-27-23-17-7-4-5-8-18(17)26(31)24-20(11-12-21(25(23)24)30(2)28(27)32)29-19-10-9-16(15-22(19)44(38,39)40)42(33,34)13-6-14-43(35,36)37/h1,4-5,7-12,15,29H,6,13-14H2,2H3,(H,35,36,37)(H,38,39,40). The largest absolute Gasteiger partial charge is 0.401 e. The van der Waals surface area contributed by atoms with Gasteiger partial charge in [-0.05, 0) is 42.3 Å². The molecule has 0 saturated heterocycles. The number of ketones is 1. The molecule has 3 N–H and O–H groups in total. The molecule has 1 aromatic heterocycles. The number of carbonyl (C=O) groups excluding carboxylic acids is 1. The minimum Gasteiger partial charge on any atom is -0.401 e. The Morgan fingerprint density at radius 3 is 2.18 bits per heavy atom. The lowest BCUT2D eigenvalue weighted by molar-refractivity contribution is 0.104. The number of carbonyl (C=O) groups is 1. The van der Waals surface area contributed by atoms with E-state index in [9.17, 15) is 39.4 Å². The first-order valence-corrected chi connectivity index (χ1v) is 17.3. The molecule has 3 aromatic carbocycles. The zero-order valence-electron chi connectivity index (χ0n) is 22.6. The van der Waals surface area contributed by atoms with Crippen molar-refractivity contribution >= 4 is 58.1 Å². The Hall–Kier alpha value is -4.53. The molecule has 0 unspecified atom stereocenters. The number of sulfone groups is 1. The van der Waals surface area contributed by atoms with Gasteiger partial charge in [-0.25, -0.2) is 8.42 Å². The Morgan fingerprint density at radius 2 is 1.55 bits per heavy atom. The van der Waals surface area contributed by atoms with E-state index in [1.165, 1.54) is 29.8 Å². The van der Waals surface area contributed by atoms with Gasteiger partial charge in [0.05, 0.1) is 38.9 Å². The van der Waals surface area contributed by atoms with E-state index in [2.05, 4.69) is 5.32 Å². The molecular formula is C28H22N2O11S3. The van der Waals surface area contributed by atoms with Gasteiger partial charge in [0.1, 0.15) is 11.0 Å². The predicted octanol–water partition coefficient (Wildman–Crippen LogP) is 2.76. The van der Waals surface area contributed by atoms with Crippen LogP contribution >= 0.6 is 0 Å². The summed E-state index contributed by atoms with van der Waals surface area (Å²) in [5.74, 6) is -2.27. The van der Waals surface area contributed by atoms with Crippen LogP contribution < -0.4 is 15.6 Å². The molecule has 0 amide bonds. The second-order valence-electron chi connectivity index (χ2n) is 9.76. The van der Waals surface area contributed by atoms with Gasteiger partial charge in [0.25, 0.3) is 25.8 Å². The monoisotopic (exact) mass is 658 g/mol. The maximum atomic E-state index is 13.9. The SMILES string of the molecule is C#COc1c2c3c(c(Nc4ccc(S(=O)(=O)CCCS(=O)(=O)O)cc4S(=O)(=O)O)ccc3n(C)c1=O)C(=O)c1ccccc1-2. The summed E-state index contributed by atoms with van der Waals surface area (Å²) in [5.41, 5.74) is 0.384. The van der Waals surface area contributed by atoms with E-state index < -0.39 is 69.1 Å². The number of benzene rings is 3. The summed E-state index contributed by atoms with van der Waals surface area (Å²) in [6, 6.07) is 12.2. The number of aromatic nitrogens is 1. The summed E-state index contributed by atoms with van der Waals surface area (Å²) in [6.07, 6.45) is 6.89. The fourth-order valence-corrected chi connectivity index (χ4v) is 7.87. The Morgan fingerprint density at radius 1 is 0.886 bits per heavy atom. The molecule has 0 fully saturated rings. The van der Waals surface area contributed by atoms with E-state index in [4.69, 9.17) is 15.7 Å². The number of aryl methyl sites for hydroxylation is 1. The Labute approximate surface area is 251 Å². The van der Waals surface area contributed by atoms with Gasteiger partial charge in [0.2, 0.25) is 5.75 Å². The van der Waals surface area contributed by atoms with Crippen LogP contribution in [0.2, 0.25) is 0 Å². The highest BCUT2D eigenvalue weighted by Crippen LogP contribution is 2.46. The molecule has 0 spiro atoms. The van der Waals surface area contributed by atoms with Crippen molar-refractivity contribution in [2.24, 2.45) is 7.05 Å². The van der Waals surface area contributed by atoms with Crippen molar-refractivity contribution in [3.63, 3.8) is 0 Å². The minimum atomic E-state index is -5.06. The van der Waals surface area contributed by atoms with Crippen LogP contribution in [0.3, 0.4) is 0 Å². The fraction of sp³-hybridized carbons (Fsp3) is 0.143. The molecule has 0 aliphatic heterocycles. The van der Waals surface area contributed by atoms with Crippen LogP contribution in [0.25, 0.3) is 22.0 Å². The average Bonchev–Trinajstić information content (AvgIpc) is 2.94. The number of rotatable bonds is 9. The van der Waals surface area contributed by atoms with E-state index in [1.54, 1.807) is 18.2 Å². The van der Waals surface area contributed by atoms with E-state index in [-0.39, 0.29) is 39.2 Å². The Balaban J connectivity index is 1.70. The number of anilines is 2. The molecule has 0 radical (unpaired) electrons. The van der Waals surface area contributed by atoms with Crippen LogP contribution in [0.5, 0.6) is 5.75 Å². The number of nitrogens with one attached hydrogen (secondary N) is 1. The minimum absolute atomic E-state index is 0.0249. The van der Waals surface area contributed by atoms with Crippen molar-refractivity contribution < 1.29 is 43.9 Å². The molecule has 0 saturated carbocycles. The fourth-order valence-electron chi connectivity index (χ4n) is 5.10. The maximum Gasteiger partial charge on any atom is 0.296 e. The number of nitrogens with zero attached hydrogens (tertiary/aromatic N) is 1. The molecule has 4 aromatic rings. The van der Waals surface area contributed by atoms with Gasteiger partial charge in [0, 0.05) is 23.6 Å². The maximum absolute atomic E-state index is 13.9. The van der Waals surface area contributed by atoms with Crippen molar-refractivity contribution in [2.45, 2.75) is 16.2 Å². The summed E-state index contributed by atoms with van der Waals surface area (Å²) in [6.45, 7) is 0. The highest BCUT2D eigenvalue weighted by atomic mass is 32.2. The molecule has 16 heteroatoms. The number of fused-ring (bicyclic) bond motifs is 2. The van der Waals surface area contributed by atoms with Crippen LogP contribution in [0.15, 0.2) is 69.2 Å². The summed E-state index contributed by atoms with van der Waals surface area (Å²) in [7, 11) is -12.3. The molecule has 228 valence electrons. The number of hydrogen-bond donors (Lipinski definition) is 3. The zero-order valence-corrected chi connectivity index (χ0v) is 25.1. The van der Waals surface area contributed by atoms with Crippen molar-refractivity contribution in [1.82, 2.24) is 4.57 Å². The van der Waals surface area contributed by atoms with Gasteiger partial charge in [-0.15, -0.1) is 0 Å². The van der Waals surface area contributed by atoms with Crippen LogP contribution in [-0.2, 0) is 37.1 Å². The van der Waals surface area contributed by atoms with Crippen molar-refractivity contribution in [3.8, 4) is 29.4 Å². The van der Waals surface area contributed by atoms with E-state index >= 15 is 0 Å². The van der Waals surface area contributed by atoms with Gasteiger partial charge >= 0.3 is 0 Å². The third-order valence-electron chi connectivity index (χ3n) is 7.02. The molecule has 0 atom stereocenters. The Bertz CT molecular complexity index is 2340. The summed E-state index contributed by atoms with van der Waals surface area (Å²) in [4.78, 5) is 25.7. The lowest BCUT2D eigenvalue weighted by atomic mass is 9.82. The topological polar surface area (TPSA) is 203 Å². The lowest BCUT2D eigenvalue weighted by Gasteiger charge is -2.25. The van der Waals surface area contributed by atoms with Gasteiger partial charge < -0.3 is 14.6 Å². The molecular weight excluding hydrogens is 637 g/mol. The van der Waals surface area contributed by atoms with Gasteiger partial charge in [0.15, 0.2) is 15.6 Å². The van der Waals surface area contributed by atoms with Crippen LogP contribution in [-0.4, -0.2) is 56.2 Å². The quantitative estimate of drug-likeness (QED) is 0.155. The number of pyridine rings is 1. The second kappa shape index (κ2) is 10.9. The zero-order chi connectivity index (χ0) is 32.2. The average molecular weight is 659 g/mol. The number of terminal acetylenes is 1. The first-order chi connectivity index (χ1) is 20.5. The molecule has 13 nitrogen and oxygen atoms in total. The lowest BCUT2D eigenvalue weighted by Crippen LogP contribution is -2.23. The third-order valence-corrected chi connectivity index (χ3v) is 10.5. The van der Waals surface area contributed by atoms with Crippen LogP contribution in [0.4, 0.5) is 11.4 Å². The smallest absolute Gasteiger partial charge is 0.296 e. The molecule has 0 bridgehead atoms. The molecule has 1 aliphatic carbocycles. The molecule has 5 rings (SSSR count).